The van der Waals surface area contributed by atoms with Crippen molar-refractivity contribution in [2.45, 2.75) is 0 Å². The molecule has 3 nitrogen and oxygen atoms in total. The third-order valence-corrected chi connectivity index (χ3v) is 3.22. The first-order valence-corrected chi connectivity index (χ1v) is 5.74. The third kappa shape index (κ3) is 1.44. The van der Waals surface area contributed by atoms with E-state index in [2.05, 4.69) is 10.3 Å². The highest BCUT2D eigenvalue weighted by molar-refractivity contribution is 7.11. The minimum Gasteiger partial charge on any atom is -0.306 e. The number of hydrogen-bond donors (Lipinski definition) is 1. The van der Waals surface area contributed by atoms with Crippen molar-refractivity contribution in [3.8, 4) is 0 Å². The maximum absolute atomic E-state index is 11.7. The molecule has 0 aromatic carbocycles. The van der Waals surface area contributed by atoms with Gasteiger partial charge in [-0.3, -0.25) is 4.79 Å². The van der Waals surface area contributed by atoms with Gasteiger partial charge in [-0.1, -0.05) is 6.07 Å². The van der Waals surface area contributed by atoms with Crippen molar-refractivity contribution in [1.82, 2.24) is 4.98 Å². The van der Waals surface area contributed by atoms with Crippen LogP contribution >= 0.6 is 11.3 Å². The predicted octanol–water partition coefficient (Wildman–Crippen LogP) is 2.64. The van der Waals surface area contributed by atoms with Gasteiger partial charge in [0.05, 0.1) is 5.57 Å². The standard InChI is InChI=1S/C12H8N2OS/c15-12-10(7-8-3-2-6-16-8)9-4-1-5-13-11(9)14-12/h1-7H,(H,13,14,15). The van der Waals surface area contributed by atoms with Crippen molar-refractivity contribution in [2.75, 3.05) is 5.32 Å². The van der Waals surface area contributed by atoms with Crippen LogP contribution in [0.1, 0.15) is 10.4 Å². The smallest absolute Gasteiger partial charge is 0.257 e. The Bertz CT molecular complexity index is 572. The monoisotopic (exact) mass is 228 g/mol. The van der Waals surface area contributed by atoms with Gasteiger partial charge >= 0.3 is 0 Å². The summed E-state index contributed by atoms with van der Waals surface area (Å²) in [7, 11) is 0. The first-order chi connectivity index (χ1) is 7.84. The molecule has 1 amide bonds. The molecule has 1 N–H and O–H groups in total. The summed E-state index contributed by atoms with van der Waals surface area (Å²) in [5.41, 5.74) is 1.56. The second-order valence-electron chi connectivity index (χ2n) is 3.43. The van der Waals surface area contributed by atoms with Gasteiger partial charge in [0.25, 0.3) is 5.91 Å². The maximum atomic E-state index is 11.7. The van der Waals surface area contributed by atoms with Gasteiger partial charge in [-0.25, -0.2) is 4.98 Å². The molecule has 0 unspecified atom stereocenters. The molecule has 0 radical (unpaired) electrons. The van der Waals surface area contributed by atoms with Crippen LogP contribution in [0, 0.1) is 0 Å². The molecular weight excluding hydrogens is 220 g/mol. The maximum Gasteiger partial charge on any atom is 0.257 e. The molecule has 16 heavy (non-hydrogen) atoms. The van der Waals surface area contributed by atoms with Gasteiger partial charge in [0.2, 0.25) is 0 Å². The number of hydrogen-bond acceptors (Lipinski definition) is 3. The summed E-state index contributed by atoms with van der Waals surface area (Å²) in [6.07, 6.45) is 3.57. The van der Waals surface area contributed by atoms with E-state index in [0.29, 0.717) is 11.4 Å². The van der Waals surface area contributed by atoms with Gasteiger partial charge in [0, 0.05) is 16.6 Å². The molecule has 0 saturated heterocycles. The molecular formula is C12H8N2OS. The van der Waals surface area contributed by atoms with E-state index in [1.165, 1.54) is 0 Å². The lowest BCUT2D eigenvalue weighted by Gasteiger charge is -1.94. The number of nitrogens with one attached hydrogen (secondary N) is 1. The van der Waals surface area contributed by atoms with E-state index in [9.17, 15) is 4.79 Å². The van der Waals surface area contributed by atoms with Crippen LogP contribution in [0.15, 0.2) is 35.8 Å². The van der Waals surface area contributed by atoms with Crippen molar-refractivity contribution in [2.24, 2.45) is 0 Å². The summed E-state index contributed by atoms with van der Waals surface area (Å²) in [6, 6.07) is 7.69. The van der Waals surface area contributed by atoms with Gasteiger partial charge in [-0.15, -0.1) is 11.3 Å². The first-order valence-electron chi connectivity index (χ1n) is 4.86. The van der Waals surface area contributed by atoms with Crippen molar-refractivity contribution in [1.29, 1.82) is 0 Å². The average molecular weight is 228 g/mol. The average Bonchev–Trinajstić information content (AvgIpc) is 2.89. The largest absolute Gasteiger partial charge is 0.306 e. The first kappa shape index (κ1) is 9.30. The normalized spacial score (nSPS) is 16.2. The van der Waals surface area contributed by atoms with Crippen molar-refractivity contribution >= 4 is 34.7 Å². The SMILES string of the molecule is O=C1Nc2ncccc2C1=Cc1cccs1. The highest BCUT2D eigenvalue weighted by atomic mass is 32.1. The fourth-order valence-corrected chi connectivity index (χ4v) is 2.34. The van der Waals surface area contributed by atoms with Gasteiger partial charge in [0.15, 0.2) is 0 Å². The van der Waals surface area contributed by atoms with Gasteiger partial charge < -0.3 is 5.32 Å². The summed E-state index contributed by atoms with van der Waals surface area (Å²) in [4.78, 5) is 16.9. The summed E-state index contributed by atoms with van der Waals surface area (Å²) < 4.78 is 0. The molecule has 1 aliphatic rings. The lowest BCUT2D eigenvalue weighted by atomic mass is 10.1. The quantitative estimate of drug-likeness (QED) is 0.762. The second-order valence-corrected chi connectivity index (χ2v) is 4.41. The molecule has 0 fully saturated rings. The molecule has 4 heteroatoms. The zero-order valence-electron chi connectivity index (χ0n) is 8.31. The van der Waals surface area contributed by atoms with Crippen LogP contribution in [-0.4, -0.2) is 10.9 Å². The minimum atomic E-state index is -0.0814. The van der Waals surface area contributed by atoms with E-state index in [1.807, 2.05) is 35.7 Å². The van der Waals surface area contributed by atoms with Crippen LogP contribution in [0.3, 0.4) is 0 Å². The van der Waals surface area contributed by atoms with Crippen LogP contribution in [0.25, 0.3) is 11.6 Å². The molecule has 0 saturated carbocycles. The molecule has 0 aliphatic carbocycles. The van der Waals surface area contributed by atoms with Crippen molar-refractivity contribution in [3.05, 3.63) is 46.3 Å². The van der Waals surface area contributed by atoms with Crippen molar-refractivity contribution < 1.29 is 4.79 Å². The number of amides is 1. The number of nitrogens with zero attached hydrogens (tertiary/aromatic N) is 1. The number of pyridine rings is 1. The molecule has 2 aromatic rings. The fraction of sp³-hybridized carbons (Fsp3) is 0. The van der Waals surface area contributed by atoms with E-state index in [4.69, 9.17) is 0 Å². The van der Waals surface area contributed by atoms with E-state index >= 15 is 0 Å². The van der Waals surface area contributed by atoms with Gasteiger partial charge in [-0.05, 0) is 29.7 Å². The van der Waals surface area contributed by atoms with E-state index < -0.39 is 0 Å². The Kier molecular flexibility index (Phi) is 2.08. The number of carbonyl (C=O) groups excluding carboxylic acids is 1. The van der Waals surface area contributed by atoms with Crippen LogP contribution in [0.4, 0.5) is 5.82 Å². The molecule has 0 spiro atoms. The Balaban J connectivity index is 2.12. The van der Waals surface area contributed by atoms with Crippen LogP contribution < -0.4 is 5.32 Å². The van der Waals surface area contributed by atoms with E-state index in [0.717, 1.165) is 10.4 Å². The molecule has 78 valence electrons. The topological polar surface area (TPSA) is 42.0 Å². The summed E-state index contributed by atoms with van der Waals surface area (Å²) in [6.45, 7) is 0. The minimum absolute atomic E-state index is 0.0814. The third-order valence-electron chi connectivity index (χ3n) is 2.40. The van der Waals surface area contributed by atoms with Crippen LogP contribution in [0.2, 0.25) is 0 Å². The Morgan fingerprint density at radius 2 is 2.25 bits per heavy atom. The molecule has 3 rings (SSSR count). The predicted molar refractivity (Wildman–Crippen MR) is 65.1 cm³/mol. The molecule has 2 aromatic heterocycles. The Morgan fingerprint density at radius 3 is 3.06 bits per heavy atom. The lowest BCUT2D eigenvalue weighted by molar-refractivity contribution is -0.110. The molecule has 3 heterocycles. The molecule has 0 bridgehead atoms. The number of rotatable bonds is 1. The van der Waals surface area contributed by atoms with Gasteiger partial charge in [-0.2, -0.15) is 0 Å². The number of thiophene rings is 1. The van der Waals surface area contributed by atoms with Gasteiger partial charge in [0.1, 0.15) is 5.82 Å². The number of fused-ring (bicyclic) bond motifs is 1. The highest BCUT2D eigenvalue weighted by Gasteiger charge is 2.24. The summed E-state index contributed by atoms with van der Waals surface area (Å²) in [5.74, 6) is 0.567. The number of anilines is 1. The summed E-state index contributed by atoms with van der Waals surface area (Å²) >= 11 is 1.61. The lowest BCUT2D eigenvalue weighted by Crippen LogP contribution is -2.03. The number of carbonyl (C=O) groups is 1. The van der Waals surface area contributed by atoms with Crippen molar-refractivity contribution in [3.63, 3.8) is 0 Å². The second kappa shape index (κ2) is 3.57. The molecule has 0 atom stereocenters. The Labute approximate surface area is 96.5 Å². The van der Waals surface area contributed by atoms with E-state index in [1.54, 1.807) is 17.5 Å². The van der Waals surface area contributed by atoms with E-state index in [-0.39, 0.29) is 5.91 Å². The van der Waals surface area contributed by atoms with Crippen LogP contribution in [-0.2, 0) is 4.79 Å². The Morgan fingerprint density at radius 1 is 1.31 bits per heavy atom. The zero-order chi connectivity index (χ0) is 11.0. The molecule has 1 aliphatic heterocycles. The Hall–Kier alpha value is -1.94. The van der Waals surface area contributed by atoms with Crippen LogP contribution in [0.5, 0.6) is 0 Å². The highest BCUT2D eigenvalue weighted by Crippen LogP contribution is 2.31. The summed E-state index contributed by atoms with van der Waals surface area (Å²) in [5, 5.41) is 4.74. The zero-order valence-corrected chi connectivity index (χ0v) is 9.12. The number of aromatic nitrogens is 1. The fourth-order valence-electron chi connectivity index (χ4n) is 1.68.